The van der Waals surface area contributed by atoms with Gasteiger partial charge in [0.1, 0.15) is 16.5 Å². The van der Waals surface area contributed by atoms with Crippen molar-refractivity contribution in [2.75, 3.05) is 25.5 Å². The van der Waals surface area contributed by atoms with Crippen LogP contribution in [0.15, 0.2) is 52.0 Å². The van der Waals surface area contributed by atoms with Crippen LogP contribution in [0, 0.1) is 5.92 Å². The first kappa shape index (κ1) is 19.8. The average molecular weight is 454 g/mol. The summed E-state index contributed by atoms with van der Waals surface area (Å²) >= 11 is 3.30. The van der Waals surface area contributed by atoms with Gasteiger partial charge < -0.3 is 10.1 Å². The van der Waals surface area contributed by atoms with Gasteiger partial charge in [0.25, 0.3) is 0 Å². The van der Waals surface area contributed by atoms with Gasteiger partial charge in [-0.1, -0.05) is 12.1 Å². The molecular formula is C18H20BrN3O4S. The van der Waals surface area contributed by atoms with Gasteiger partial charge in [0.05, 0.1) is 7.11 Å². The number of pyridine rings is 1. The van der Waals surface area contributed by atoms with E-state index in [0.717, 1.165) is 4.47 Å². The van der Waals surface area contributed by atoms with E-state index in [9.17, 15) is 13.2 Å². The summed E-state index contributed by atoms with van der Waals surface area (Å²) in [4.78, 5) is 16.7. The highest BCUT2D eigenvalue weighted by Crippen LogP contribution is 2.29. The Morgan fingerprint density at radius 2 is 1.93 bits per heavy atom. The number of amides is 1. The standard InChI is InChI=1S/C18H20BrN3O4S/c1-26-15-4-2-3-5-16(15)27(24,25)22-10-8-13(9-11-22)18(23)21-17-7-6-14(19)12-20-17/h2-7,12-13H,8-11H2,1H3,(H,20,21,23). The first-order valence-corrected chi connectivity index (χ1v) is 10.7. The van der Waals surface area contributed by atoms with Crippen molar-refractivity contribution in [2.45, 2.75) is 17.7 Å². The number of anilines is 1. The van der Waals surface area contributed by atoms with E-state index in [1.807, 2.05) is 0 Å². The number of ether oxygens (including phenoxy) is 1. The average Bonchev–Trinajstić information content (AvgIpc) is 2.69. The normalized spacial score (nSPS) is 16.1. The van der Waals surface area contributed by atoms with Crippen molar-refractivity contribution in [2.24, 2.45) is 5.92 Å². The summed E-state index contributed by atoms with van der Waals surface area (Å²) in [5.41, 5.74) is 0. The molecule has 1 amide bonds. The van der Waals surface area contributed by atoms with Gasteiger partial charge >= 0.3 is 0 Å². The van der Waals surface area contributed by atoms with Crippen molar-refractivity contribution in [1.29, 1.82) is 0 Å². The molecule has 0 atom stereocenters. The molecule has 1 aromatic carbocycles. The van der Waals surface area contributed by atoms with E-state index < -0.39 is 10.0 Å². The minimum absolute atomic E-state index is 0.140. The monoisotopic (exact) mass is 453 g/mol. The van der Waals surface area contributed by atoms with E-state index in [-0.39, 0.29) is 29.8 Å². The number of hydrogen-bond acceptors (Lipinski definition) is 5. The number of piperidine rings is 1. The molecule has 0 unspecified atom stereocenters. The van der Waals surface area contributed by atoms with Gasteiger partial charge in [-0.15, -0.1) is 0 Å². The SMILES string of the molecule is COc1ccccc1S(=O)(=O)N1CCC(C(=O)Nc2ccc(Br)cn2)CC1. The molecule has 1 aliphatic rings. The van der Waals surface area contributed by atoms with Crippen LogP contribution in [0.1, 0.15) is 12.8 Å². The number of hydrogen-bond donors (Lipinski definition) is 1. The lowest BCUT2D eigenvalue weighted by Crippen LogP contribution is -2.41. The number of aromatic nitrogens is 1. The summed E-state index contributed by atoms with van der Waals surface area (Å²) in [6.07, 6.45) is 2.52. The van der Waals surface area contributed by atoms with Crippen LogP contribution in [-0.4, -0.2) is 43.8 Å². The van der Waals surface area contributed by atoms with Crippen LogP contribution < -0.4 is 10.1 Å². The lowest BCUT2D eigenvalue weighted by molar-refractivity contribution is -0.120. The predicted molar refractivity (Wildman–Crippen MR) is 105 cm³/mol. The predicted octanol–water partition coefficient (Wildman–Crippen LogP) is 2.89. The molecule has 1 aliphatic heterocycles. The quantitative estimate of drug-likeness (QED) is 0.751. The maximum Gasteiger partial charge on any atom is 0.246 e. The Kier molecular flexibility index (Phi) is 6.13. The van der Waals surface area contributed by atoms with Crippen LogP contribution in [0.5, 0.6) is 5.75 Å². The second-order valence-electron chi connectivity index (χ2n) is 6.18. The number of sulfonamides is 1. The number of nitrogens with zero attached hydrogens (tertiary/aromatic N) is 2. The second kappa shape index (κ2) is 8.37. The van der Waals surface area contributed by atoms with Crippen molar-refractivity contribution in [3.8, 4) is 5.75 Å². The molecule has 7 nitrogen and oxygen atoms in total. The van der Waals surface area contributed by atoms with E-state index in [2.05, 4.69) is 26.2 Å². The highest BCUT2D eigenvalue weighted by molar-refractivity contribution is 9.10. The number of methoxy groups -OCH3 is 1. The number of rotatable bonds is 5. The van der Waals surface area contributed by atoms with Gasteiger partial charge in [-0.05, 0) is 53.0 Å². The molecule has 0 spiro atoms. The lowest BCUT2D eigenvalue weighted by atomic mass is 9.97. The Balaban J connectivity index is 1.64. The van der Waals surface area contributed by atoms with Crippen LogP contribution in [-0.2, 0) is 14.8 Å². The number of para-hydroxylation sites is 1. The molecule has 0 radical (unpaired) electrons. The van der Waals surface area contributed by atoms with Crippen molar-refractivity contribution in [3.05, 3.63) is 47.1 Å². The molecule has 1 saturated heterocycles. The molecule has 3 rings (SSSR count). The van der Waals surface area contributed by atoms with Gasteiger partial charge in [-0.25, -0.2) is 13.4 Å². The molecule has 0 bridgehead atoms. The highest BCUT2D eigenvalue weighted by atomic mass is 79.9. The summed E-state index contributed by atoms with van der Waals surface area (Å²) in [5.74, 6) is 0.407. The maximum atomic E-state index is 12.9. The lowest BCUT2D eigenvalue weighted by Gasteiger charge is -2.30. The topological polar surface area (TPSA) is 88.6 Å². The molecular weight excluding hydrogens is 434 g/mol. The molecule has 0 saturated carbocycles. The summed E-state index contributed by atoms with van der Waals surface area (Å²) in [6, 6.07) is 10.1. The van der Waals surface area contributed by atoms with E-state index in [4.69, 9.17) is 4.74 Å². The first-order valence-electron chi connectivity index (χ1n) is 8.47. The third-order valence-electron chi connectivity index (χ3n) is 4.49. The van der Waals surface area contributed by atoms with Crippen LogP contribution in [0.3, 0.4) is 0 Å². The Morgan fingerprint density at radius 1 is 1.22 bits per heavy atom. The van der Waals surface area contributed by atoms with Gasteiger partial charge in [0.15, 0.2) is 0 Å². The number of halogens is 1. The van der Waals surface area contributed by atoms with Crippen LogP contribution in [0.25, 0.3) is 0 Å². The third-order valence-corrected chi connectivity index (χ3v) is 6.90. The minimum Gasteiger partial charge on any atom is -0.495 e. The highest BCUT2D eigenvalue weighted by Gasteiger charge is 2.33. The fourth-order valence-electron chi connectivity index (χ4n) is 3.01. The van der Waals surface area contributed by atoms with E-state index in [0.29, 0.717) is 24.4 Å². The van der Waals surface area contributed by atoms with Gasteiger partial charge in [-0.3, -0.25) is 4.79 Å². The minimum atomic E-state index is -3.66. The fraction of sp³-hybridized carbons (Fsp3) is 0.333. The van der Waals surface area contributed by atoms with Crippen molar-refractivity contribution in [3.63, 3.8) is 0 Å². The molecule has 144 valence electrons. The van der Waals surface area contributed by atoms with Gasteiger partial charge in [0.2, 0.25) is 15.9 Å². The number of nitrogens with one attached hydrogen (secondary N) is 1. The summed E-state index contributed by atoms with van der Waals surface area (Å²) in [5, 5.41) is 2.78. The number of carbonyl (C=O) groups is 1. The van der Waals surface area contributed by atoms with Crippen molar-refractivity contribution >= 4 is 37.7 Å². The van der Waals surface area contributed by atoms with Crippen LogP contribution in [0.2, 0.25) is 0 Å². The van der Waals surface area contributed by atoms with Crippen LogP contribution >= 0.6 is 15.9 Å². The van der Waals surface area contributed by atoms with E-state index >= 15 is 0 Å². The number of carbonyl (C=O) groups excluding carboxylic acids is 1. The summed E-state index contributed by atoms with van der Waals surface area (Å²) < 4.78 is 33.2. The Hall–Kier alpha value is -1.97. The zero-order valence-electron chi connectivity index (χ0n) is 14.8. The first-order chi connectivity index (χ1) is 12.9. The largest absolute Gasteiger partial charge is 0.495 e. The van der Waals surface area contributed by atoms with E-state index in [1.165, 1.54) is 17.5 Å². The fourth-order valence-corrected chi connectivity index (χ4v) is 4.87. The third kappa shape index (κ3) is 4.48. The molecule has 1 N–H and O–H groups in total. The molecule has 1 fully saturated rings. The molecule has 1 aromatic heterocycles. The zero-order chi connectivity index (χ0) is 19.4. The Bertz CT molecular complexity index is 910. The summed E-state index contributed by atoms with van der Waals surface area (Å²) in [7, 11) is -2.21. The Labute approximate surface area is 166 Å². The van der Waals surface area contributed by atoms with Gasteiger partial charge in [-0.2, -0.15) is 4.31 Å². The van der Waals surface area contributed by atoms with E-state index in [1.54, 1.807) is 36.5 Å². The molecule has 0 aliphatic carbocycles. The summed E-state index contributed by atoms with van der Waals surface area (Å²) in [6.45, 7) is 0.568. The molecule has 2 aromatic rings. The Morgan fingerprint density at radius 3 is 2.56 bits per heavy atom. The van der Waals surface area contributed by atoms with Crippen LogP contribution in [0.4, 0.5) is 5.82 Å². The molecule has 27 heavy (non-hydrogen) atoms. The molecule has 2 heterocycles. The smallest absolute Gasteiger partial charge is 0.246 e. The van der Waals surface area contributed by atoms with Gasteiger partial charge in [0, 0.05) is 29.7 Å². The van der Waals surface area contributed by atoms with Crippen molar-refractivity contribution < 1.29 is 17.9 Å². The zero-order valence-corrected chi connectivity index (χ0v) is 17.2. The number of benzene rings is 1. The molecule has 9 heteroatoms. The maximum absolute atomic E-state index is 12.9. The second-order valence-corrected chi connectivity index (χ2v) is 9.00. The van der Waals surface area contributed by atoms with Crippen molar-refractivity contribution in [1.82, 2.24) is 9.29 Å².